The van der Waals surface area contributed by atoms with Crippen LogP contribution in [0.1, 0.15) is 34.6 Å². The molecule has 1 amide bonds. The van der Waals surface area contributed by atoms with Crippen molar-refractivity contribution in [2.24, 2.45) is 0 Å². The lowest BCUT2D eigenvalue weighted by molar-refractivity contribution is 0.0925. The zero-order valence-electron chi connectivity index (χ0n) is 10.9. The van der Waals surface area contributed by atoms with E-state index in [9.17, 15) is 14.0 Å². The summed E-state index contributed by atoms with van der Waals surface area (Å²) >= 11 is 0. The Hall–Kier alpha value is -2.37. The molecule has 3 rings (SSSR count). The number of amides is 1. The van der Waals surface area contributed by atoms with Crippen LogP contribution in [0.15, 0.2) is 29.1 Å². The summed E-state index contributed by atoms with van der Waals surface area (Å²) in [4.78, 5) is 28.3. The van der Waals surface area contributed by atoms with Crippen molar-refractivity contribution in [1.29, 1.82) is 0 Å². The molecular weight excluding hydrogens is 261 g/mol. The van der Waals surface area contributed by atoms with E-state index >= 15 is 0 Å². The Morgan fingerprint density at radius 3 is 2.65 bits per heavy atom. The average Bonchev–Trinajstić information content (AvgIpc) is 3.08. The van der Waals surface area contributed by atoms with Gasteiger partial charge in [-0.2, -0.15) is 0 Å². The molecule has 0 unspecified atom stereocenters. The fourth-order valence-corrected chi connectivity index (χ4v) is 2.38. The maximum atomic E-state index is 13.3. The number of aromatic nitrogens is 2. The number of H-pyrrole nitrogens is 2. The Morgan fingerprint density at radius 1 is 1.35 bits per heavy atom. The van der Waals surface area contributed by atoms with Gasteiger partial charge in [0, 0.05) is 5.69 Å². The van der Waals surface area contributed by atoms with Crippen LogP contribution in [0.25, 0.3) is 0 Å². The Bertz CT molecular complexity index is 728. The van der Waals surface area contributed by atoms with Crippen LogP contribution in [-0.2, 0) is 5.54 Å². The molecule has 0 bridgehead atoms. The zero-order valence-corrected chi connectivity index (χ0v) is 10.9. The Labute approximate surface area is 114 Å². The smallest absolute Gasteiger partial charge is 0.323 e. The summed E-state index contributed by atoms with van der Waals surface area (Å²) in [5, 5.41) is 2.89. The Morgan fingerprint density at radius 2 is 2.10 bits per heavy atom. The van der Waals surface area contributed by atoms with Gasteiger partial charge >= 0.3 is 5.69 Å². The normalized spacial score (nSPS) is 15.9. The van der Waals surface area contributed by atoms with Crippen molar-refractivity contribution < 1.29 is 9.18 Å². The lowest BCUT2D eigenvalue weighted by atomic mass is 10.0. The number of carbonyl (C=O) groups excluding carboxylic acids is 1. The minimum absolute atomic E-state index is 0.220. The molecule has 2 aromatic rings. The number of imidazole rings is 1. The molecule has 1 saturated carbocycles. The predicted octanol–water partition coefficient (Wildman–Crippen LogP) is 1.57. The number of benzene rings is 1. The van der Waals surface area contributed by atoms with E-state index in [1.165, 1.54) is 12.1 Å². The van der Waals surface area contributed by atoms with Crippen molar-refractivity contribution in [3.05, 3.63) is 57.5 Å². The molecule has 6 heteroatoms. The second kappa shape index (κ2) is 4.33. The van der Waals surface area contributed by atoms with Gasteiger partial charge in [0.05, 0.1) is 5.54 Å². The Balaban J connectivity index is 1.86. The van der Waals surface area contributed by atoms with Crippen LogP contribution in [-0.4, -0.2) is 15.9 Å². The van der Waals surface area contributed by atoms with Crippen molar-refractivity contribution in [1.82, 2.24) is 15.3 Å². The number of hydrogen-bond donors (Lipinski definition) is 3. The lowest BCUT2D eigenvalue weighted by Crippen LogP contribution is -2.35. The van der Waals surface area contributed by atoms with E-state index in [1.807, 2.05) is 0 Å². The molecule has 0 saturated heterocycles. The molecule has 1 aromatic heterocycles. The van der Waals surface area contributed by atoms with Crippen LogP contribution in [0.5, 0.6) is 0 Å². The number of halogens is 1. The van der Waals surface area contributed by atoms with E-state index in [0.717, 1.165) is 18.4 Å². The van der Waals surface area contributed by atoms with Gasteiger partial charge in [0.15, 0.2) is 0 Å². The van der Waals surface area contributed by atoms with Crippen molar-refractivity contribution in [3.63, 3.8) is 0 Å². The summed E-state index contributed by atoms with van der Waals surface area (Å²) in [5.74, 6) is -0.683. The second-order valence-corrected chi connectivity index (χ2v) is 5.13. The molecule has 1 fully saturated rings. The molecule has 1 aliphatic carbocycles. The summed E-state index contributed by atoms with van der Waals surface area (Å²) in [6.45, 7) is 1.65. The molecule has 1 aromatic carbocycles. The van der Waals surface area contributed by atoms with Crippen LogP contribution in [0.2, 0.25) is 0 Å². The van der Waals surface area contributed by atoms with Crippen LogP contribution in [0.4, 0.5) is 4.39 Å². The fourth-order valence-electron chi connectivity index (χ4n) is 2.38. The van der Waals surface area contributed by atoms with Crippen molar-refractivity contribution in [2.75, 3.05) is 0 Å². The van der Waals surface area contributed by atoms with E-state index in [-0.39, 0.29) is 17.4 Å². The summed E-state index contributed by atoms with van der Waals surface area (Å²) in [7, 11) is 0. The number of rotatable bonds is 3. The highest BCUT2D eigenvalue weighted by molar-refractivity contribution is 5.94. The number of hydrogen-bond acceptors (Lipinski definition) is 2. The third-order valence-electron chi connectivity index (χ3n) is 3.62. The van der Waals surface area contributed by atoms with Gasteiger partial charge in [-0.25, -0.2) is 9.18 Å². The quantitative estimate of drug-likeness (QED) is 0.795. The molecule has 20 heavy (non-hydrogen) atoms. The lowest BCUT2D eigenvalue weighted by Gasteiger charge is -2.17. The molecule has 3 N–H and O–H groups in total. The first kappa shape index (κ1) is 12.7. The van der Waals surface area contributed by atoms with E-state index in [2.05, 4.69) is 15.3 Å². The van der Waals surface area contributed by atoms with Gasteiger partial charge in [-0.05, 0) is 37.5 Å². The Kier molecular flexibility index (Phi) is 2.74. The topological polar surface area (TPSA) is 77.8 Å². The first-order valence-corrected chi connectivity index (χ1v) is 6.38. The molecule has 1 aliphatic rings. The molecule has 5 nitrogen and oxygen atoms in total. The van der Waals surface area contributed by atoms with Gasteiger partial charge < -0.3 is 15.3 Å². The highest BCUT2D eigenvalue weighted by atomic mass is 19.1. The molecular formula is C14H14FN3O2. The number of carbonyl (C=O) groups is 1. The third-order valence-corrected chi connectivity index (χ3v) is 3.62. The van der Waals surface area contributed by atoms with Crippen molar-refractivity contribution in [2.45, 2.75) is 25.3 Å². The van der Waals surface area contributed by atoms with E-state index < -0.39 is 11.2 Å². The van der Waals surface area contributed by atoms with Gasteiger partial charge in [0.25, 0.3) is 5.91 Å². The van der Waals surface area contributed by atoms with Crippen LogP contribution >= 0.6 is 0 Å². The average molecular weight is 275 g/mol. The largest absolute Gasteiger partial charge is 0.341 e. The minimum atomic E-state index is -0.514. The van der Waals surface area contributed by atoms with Gasteiger partial charge in [-0.15, -0.1) is 0 Å². The van der Waals surface area contributed by atoms with Gasteiger partial charge in [-0.1, -0.05) is 12.1 Å². The number of nitrogens with one attached hydrogen (secondary N) is 3. The summed E-state index contributed by atoms with van der Waals surface area (Å²) in [6, 6.07) is 6.22. The number of aryl methyl sites for hydroxylation is 1. The maximum absolute atomic E-state index is 13.3. The SMILES string of the molecule is Cc1[nH]c(=O)[nH]c1C(=O)NC1(c2cccc(F)c2)CC1. The van der Waals surface area contributed by atoms with Crippen molar-refractivity contribution >= 4 is 5.91 Å². The van der Waals surface area contributed by atoms with E-state index in [4.69, 9.17) is 0 Å². The molecule has 1 heterocycles. The first-order valence-electron chi connectivity index (χ1n) is 6.38. The monoisotopic (exact) mass is 275 g/mol. The highest BCUT2D eigenvalue weighted by Gasteiger charge is 2.46. The van der Waals surface area contributed by atoms with Gasteiger partial charge in [0.2, 0.25) is 0 Å². The van der Waals surface area contributed by atoms with Crippen LogP contribution < -0.4 is 11.0 Å². The maximum Gasteiger partial charge on any atom is 0.323 e. The third kappa shape index (κ3) is 2.13. The summed E-state index contributed by atoms with van der Waals surface area (Å²) in [6.07, 6.45) is 1.52. The molecule has 104 valence electrons. The molecule has 0 atom stereocenters. The molecule has 0 aliphatic heterocycles. The van der Waals surface area contributed by atoms with Crippen molar-refractivity contribution in [3.8, 4) is 0 Å². The van der Waals surface area contributed by atoms with E-state index in [1.54, 1.807) is 19.1 Å². The van der Waals surface area contributed by atoms with Crippen LogP contribution in [0, 0.1) is 12.7 Å². The predicted molar refractivity (Wildman–Crippen MR) is 70.9 cm³/mol. The minimum Gasteiger partial charge on any atom is -0.341 e. The summed E-state index contributed by atoms with van der Waals surface area (Å²) in [5.41, 5.74) is 0.532. The highest BCUT2D eigenvalue weighted by Crippen LogP contribution is 2.45. The van der Waals surface area contributed by atoms with E-state index in [0.29, 0.717) is 5.69 Å². The number of aromatic amines is 2. The standard InChI is InChI=1S/C14H14FN3O2/c1-8-11(17-13(20)16-8)12(19)18-14(5-6-14)9-3-2-4-10(15)7-9/h2-4,7H,5-6H2,1H3,(H,18,19)(H2,16,17,20). The second-order valence-electron chi connectivity index (χ2n) is 5.13. The zero-order chi connectivity index (χ0) is 14.3. The first-order chi connectivity index (χ1) is 9.50. The van der Waals surface area contributed by atoms with Crippen LogP contribution in [0.3, 0.4) is 0 Å². The van der Waals surface area contributed by atoms with Gasteiger partial charge in [0.1, 0.15) is 11.5 Å². The summed E-state index contributed by atoms with van der Waals surface area (Å²) < 4.78 is 13.3. The fraction of sp³-hybridized carbons (Fsp3) is 0.286. The molecule has 0 spiro atoms. The molecule has 0 radical (unpaired) electrons. The van der Waals surface area contributed by atoms with Gasteiger partial charge in [-0.3, -0.25) is 4.79 Å².